The first-order valence-electron chi connectivity index (χ1n) is 8.35. The molecule has 0 bridgehead atoms. The van der Waals surface area contributed by atoms with Crippen molar-refractivity contribution in [1.29, 1.82) is 0 Å². The molecule has 1 aromatic carbocycles. The van der Waals surface area contributed by atoms with Crippen LogP contribution in [0.4, 0.5) is 0 Å². The molecule has 0 spiro atoms. The van der Waals surface area contributed by atoms with Gasteiger partial charge >= 0.3 is 0 Å². The van der Waals surface area contributed by atoms with Crippen LogP contribution in [0.3, 0.4) is 0 Å². The lowest BCUT2D eigenvalue weighted by Gasteiger charge is -2.47. The van der Waals surface area contributed by atoms with E-state index < -0.39 is 0 Å². The van der Waals surface area contributed by atoms with Gasteiger partial charge in [0, 0.05) is 24.7 Å². The van der Waals surface area contributed by atoms with E-state index in [2.05, 4.69) is 55.4 Å². The molecule has 3 heteroatoms. The normalized spacial score (nSPS) is 33.7. The number of ether oxygens (including phenoxy) is 1. The highest BCUT2D eigenvalue weighted by molar-refractivity contribution is 5.36. The molecule has 2 aliphatic rings. The minimum Gasteiger partial charge on any atom is -0.378 e. The molecule has 4 atom stereocenters. The van der Waals surface area contributed by atoms with E-state index in [4.69, 9.17) is 4.74 Å². The predicted octanol–water partition coefficient (Wildman–Crippen LogP) is 2.93. The molecular weight excluding hydrogens is 260 g/mol. The Morgan fingerprint density at radius 2 is 2.05 bits per heavy atom. The molecule has 21 heavy (non-hydrogen) atoms. The summed E-state index contributed by atoms with van der Waals surface area (Å²) in [4.78, 5) is 2.71. The van der Waals surface area contributed by atoms with Gasteiger partial charge in [0.05, 0.1) is 13.2 Å². The fourth-order valence-electron chi connectivity index (χ4n) is 4.21. The third-order valence-electron chi connectivity index (χ3n) is 5.32. The second kappa shape index (κ2) is 6.47. The number of fused-ring (bicyclic) bond motifs is 1. The third-order valence-corrected chi connectivity index (χ3v) is 5.32. The van der Waals surface area contributed by atoms with E-state index >= 15 is 0 Å². The van der Waals surface area contributed by atoms with Crippen molar-refractivity contribution in [2.24, 2.45) is 0 Å². The Morgan fingerprint density at radius 3 is 2.76 bits per heavy atom. The standard InChI is InChI=1S/C18H28N2O/c1-4-14-12-21-10-9-20(14)17-11-13(2)15-7-5-6-8-16(15)18(17)19-3/h5-8,13-14,17-19H,4,9-12H2,1-3H3. The maximum absolute atomic E-state index is 5.70. The Labute approximate surface area is 128 Å². The van der Waals surface area contributed by atoms with Gasteiger partial charge in [-0.1, -0.05) is 38.1 Å². The van der Waals surface area contributed by atoms with E-state index in [1.165, 1.54) is 24.0 Å². The average molecular weight is 288 g/mol. The number of hydrogen-bond acceptors (Lipinski definition) is 3. The van der Waals surface area contributed by atoms with Gasteiger partial charge in [-0.15, -0.1) is 0 Å². The molecule has 0 amide bonds. The summed E-state index contributed by atoms with van der Waals surface area (Å²) in [6, 6.07) is 10.5. The summed E-state index contributed by atoms with van der Waals surface area (Å²) in [6.07, 6.45) is 2.40. The van der Waals surface area contributed by atoms with Crippen LogP contribution >= 0.6 is 0 Å². The summed E-state index contributed by atoms with van der Waals surface area (Å²) in [5.74, 6) is 0.635. The van der Waals surface area contributed by atoms with Gasteiger partial charge in [0.15, 0.2) is 0 Å². The maximum atomic E-state index is 5.70. The fourth-order valence-corrected chi connectivity index (χ4v) is 4.21. The molecule has 1 saturated heterocycles. The topological polar surface area (TPSA) is 24.5 Å². The van der Waals surface area contributed by atoms with E-state index in [0.29, 0.717) is 24.0 Å². The van der Waals surface area contributed by atoms with Crippen molar-refractivity contribution in [2.75, 3.05) is 26.8 Å². The maximum Gasteiger partial charge on any atom is 0.0622 e. The van der Waals surface area contributed by atoms with Crippen LogP contribution in [0.5, 0.6) is 0 Å². The van der Waals surface area contributed by atoms with Gasteiger partial charge in [-0.2, -0.15) is 0 Å². The smallest absolute Gasteiger partial charge is 0.0622 e. The highest BCUT2D eigenvalue weighted by Gasteiger charge is 2.38. The van der Waals surface area contributed by atoms with Crippen molar-refractivity contribution < 1.29 is 4.74 Å². The molecule has 1 aliphatic heterocycles. The van der Waals surface area contributed by atoms with E-state index in [9.17, 15) is 0 Å². The summed E-state index contributed by atoms with van der Waals surface area (Å²) in [5, 5.41) is 3.59. The molecule has 1 fully saturated rings. The van der Waals surface area contributed by atoms with Gasteiger partial charge < -0.3 is 10.1 Å². The van der Waals surface area contributed by atoms with Gasteiger partial charge in [-0.3, -0.25) is 4.90 Å². The molecular formula is C18H28N2O. The Balaban J connectivity index is 1.92. The predicted molar refractivity (Wildman–Crippen MR) is 86.7 cm³/mol. The molecule has 3 nitrogen and oxygen atoms in total. The molecule has 116 valence electrons. The number of morpholine rings is 1. The fraction of sp³-hybridized carbons (Fsp3) is 0.667. The molecule has 0 saturated carbocycles. The molecule has 0 radical (unpaired) electrons. The number of likely N-dealkylation sites (N-methyl/N-ethyl adjacent to an activating group) is 1. The minimum atomic E-state index is 0.435. The molecule has 1 aliphatic carbocycles. The van der Waals surface area contributed by atoms with Crippen LogP contribution in [0, 0.1) is 0 Å². The first kappa shape index (κ1) is 15.0. The quantitative estimate of drug-likeness (QED) is 0.925. The number of benzene rings is 1. The van der Waals surface area contributed by atoms with Crippen molar-refractivity contribution >= 4 is 0 Å². The average Bonchev–Trinajstić information content (AvgIpc) is 2.55. The molecule has 1 aromatic rings. The summed E-state index contributed by atoms with van der Waals surface area (Å²) in [6.45, 7) is 7.48. The molecule has 1 N–H and O–H groups in total. The monoisotopic (exact) mass is 288 g/mol. The largest absolute Gasteiger partial charge is 0.378 e. The van der Waals surface area contributed by atoms with Crippen molar-refractivity contribution in [3.05, 3.63) is 35.4 Å². The van der Waals surface area contributed by atoms with Crippen LogP contribution < -0.4 is 5.32 Å². The van der Waals surface area contributed by atoms with Crippen molar-refractivity contribution in [3.63, 3.8) is 0 Å². The minimum absolute atomic E-state index is 0.435. The third kappa shape index (κ3) is 2.75. The molecule has 1 heterocycles. The van der Waals surface area contributed by atoms with E-state index in [-0.39, 0.29) is 0 Å². The first-order valence-corrected chi connectivity index (χ1v) is 8.35. The highest BCUT2D eigenvalue weighted by Crippen LogP contribution is 2.40. The zero-order chi connectivity index (χ0) is 14.8. The summed E-state index contributed by atoms with van der Waals surface area (Å²) < 4.78 is 5.70. The van der Waals surface area contributed by atoms with E-state index in [1.807, 2.05) is 0 Å². The van der Waals surface area contributed by atoms with Crippen LogP contribution in [-0.2, 0) is 4.74 Å². The zero-order valence-electron chi connectivity index (χ0n) is 13.5. The van der Waals surface area contributed by atoms with E-state index in [0.717, 1.165) is 19.8 Å². The number of hydrogen-bond donors (Lipinski definition) is 1. The lowest BCUT2D eigenvalue weighted by atomic mass is 9.77. The Kier molecular flexibility index (Phi) is 4.63. The van der Waals surface area contributed by atoms with Gasteiger partial charge in [-0.25, -0.2) is 0 Å². The second-order valence-corrected chi connectivity index (χ2v) is 6.47. The highest BCUT2D eigenvalue weighted by atomic mass is 16.5. The lowest BCUT2D eigenvalue weighted by molar-refractivity contribution is -0.0422. The van der Waals surface area contributed by atoms with Crippen LogP contribution in [0.1, 0.15) is 49.8 Å². The van der Waals surface area contributed by atoms with Gasteiger partial charge in [0.2, 0.25) is 0 Å². The molecule has 3 rings (SSSR count). The van der Waals surface area contributed by atoms with Crippen LogP contribution in [-0.4, -0.2) is 43.8 Å². The lowest BCUT2D eigenvalue weighted by Crippen LogP contribution is -2.55. The number of rotatable bonds is 3. The molecule has 0 aromatic heterocycles. The second-order valence-electron chi connectivity index (χ2n) is 6.47. The number of nitrogens with one attached hydrogen (secondary N) is 1. The van der Waals surface area contributed by atoms with Gasteiger partial charge in [0.25, 0.3) is 0 Å². The SMILES string of the molecule is CCC1COCCN1C1CC(C)c2ccccc2C1NC. The summed E-state index contributed by atoms with van der Waals surface area (Å²) in [7, 11) is 2.10. The van der Waals surface area contributed by atoms with E-state index in [1.54, 1.807) is 0 Å². The Hall–Kier alpha value is -0.900. The Morgan fingerprint density at radius 1 is 1.29 bits per heavy atom. The van der Waals surface area contributed by atoms with Crippen molar-refractivity contribution in [2.45, 2.75) is 50.7 Å². The summed E-state index contributed by atoms with van der Waals surface area (Å²) >= 11 is 0. The van der Waals surface area contributed by atoms with Crippen LogP contribution in [0.2, 0.25) is 0 Å². The van der Waals surface area contributed by atoms with Crippen LogP contribution in [0.25, 0.3) is 0 Å². The zero-order valence-corrected chi connectivity index (χ0v) is 13.5. The van der Waals surface area contributed by atoms with Crippen molar-refractivity contribution in [1.82, 2.24) is 10.2 Å². The molecule has 4 unspecified atom stereocenters. The first-order chi connectivity index (χ1) is 10.3. The summed E-state index contributed by atoms with van der Waals surface area (Å²) in [5.41, 5.74) is 3.01. The van der Waals surface area contributed by atoms with Gasteiger partial charge in [-0.05, 0) is 36.9 Å². The van der Waals surface area contributed by atoms with Crippen LogP contribution in [0.15, 0.2) is 24.3 Å². The van der Waals surface area contributed by atoms with Crippen molar-refractivity contribution in [3.8, 4) is 0 Å². The van der Waals surface area contributed by atoms with Gasteiger partial charge in [0.1, 0.15) is 0 Å². The Bertz CT molecular complexity index is 476. The number of nitrogens with zero attached hydrogens (tertiary/aromatic N) is 1.